The second kappa shape index (κ2) is 11.9. The third-order valence-corrected chi connectivity index (χ3v) is 5.70. The molecule has 36 heavy (non-hydrogen) atoms. The monoisotopic (exact) mass is 495 g/mol. The maximum Gasteiger partial charge on any atom is 0.410 e. The summed E-state index contributed by atoms with van der Waals surface area (Å²) in [5.41, 5.74) is 1.25. The zero-order valence-corrected chi connectivity index (χ0v) is 22.1. The molecule has 0 saturated carbocycles. The Morgan fingerprint density at radius 1 is 1.11 bits per heavy atom. The van der Waals surface area contributed by atoms with Gasteiger partial charge in [0.15, 0.2) is 0 Å². The first-order valence-corrected chi connectivity index (χ1v) is 12.5. The van der Waals surface area contributed by atoms with E-state index in [0.29, 0.717) is 42.9 Å². The number of hydrogen-bond donors (Lipinski definition) is 0. The topological polar surface area (TPSA) is 82.9 Å². The summed E-state index contributed by atoms with van der Waals surface area (Å²) in [7, 11) is 0. The first-order valence-electron chi connectivity index (χ1n) is 12.5. The van der Waals surface area contributed by atoms with Crippen molar-refractivity contribution in [2.45, 2.75) is 66.0 Å². The molecular weight excluding hydrogens is 458 g/mol. The highest BCUT2D eigenvalue weighted by atomic mass is 16.6. The van der Waals surface area contributed by atoms with Gasteiger partial charge in [-0.3, -0.25) is 4.68 Å². The largest absolute Gasteiger partial charge is 0.462 e. The molecule has 194 valence electrons. The molecule has 0 unspecified atom stereocenters. The van der Waals surface area contributed by atoms with Gasteiger partial charge in [-0.1, -0.05) is 6.08 Å². The molecule has 0 spiro atoms. The van der Waals surface area contributed by atoms with E-state index >= 15 is 0 Å². The van der Waals surface area contributed by atoms with Crippen LogP contribution in [0.3, 0.4) is 0 Å². The fourth-order valence-electron chi connectivity index (χ4n) is 3.96. The van der Waals surface area contributed by atoms with E-state index < -0.39 is 11.6 Å². The quantitative estimate of drug-likeness (QED) is 0.260. The van der Waals surface area contributed by atoms with Gasteiger partial charge < -0.3 is 19.1 Å². The van der Waals surface area contributed by atoms with E-state index in [0.717, 1.165) is 11.3 Å². The lowest BCUT2D eigenvalue weighted by Gasteiger charge is -2.33. The highest BCUT2D eigenvalue weighted by Gasteiger charge is 2.29. The number of ether oxygens (including phenoxy) is 3. The van der Waals surface area contributed by atoms with Crippen molar-refractivity contribution in [3.05, 3.63) is 60.0 Å². The number of aromatic nitrogens is 2. The number of nitrogens with zero attached hydrogens (tertiary/aromatic N) is 3. The van der Waals surface area contributed by atoms with Gasteiger partial charge in [0.05, 0.1) is 12.6 Å². The van der Waals surface area contributed by atoms with Gasteiger partial charge in [-0.25, -0.2) is 9.59 Å². The summed E-state index contributed by atoms with van der Waals surface area (Å²) in [6, 6.07) is 7.55. The molecule has 2 aromatic rings. The molecular formula is C28H37N3O5. The summed E-state index contributed by atoms with van der Waals surface area (Å²) in [6.45, 7) is 12.6. The van der Waals surface area contributed by atoms with Gasteiger partial charge in [-0.2, -0.15) is 5.10 Å². The van der Waals surface area contributed by atoms with E-state index in [4.69, 9.17) is 19.3 Å². The molecule has 0 N–H and O–H groups in total. The Bertz CT molecular complexity index is 1100. The van der Waals surface area contributed by atoms with Gasteiger partial charge in [0, 0.05) is 24.8 Å². The van der Waals surface area contributed by atoms with Crippen LogP contribution >= 0.6 is 0 Å². The number of carbonyl (C=O) groups is 2. The number of amides is 1. The van der Waals surface area contributed by atoms with Crippen LogP contribution in [0.4, 0.5) is 4.79 Å². The number of rotatable bonds is 7. The average molecular weight is 496 g/mol. The zero-order valence-electron chi connectivity index (χ0n) is 22.1. The first-order chi connectivity index (χ1) is 17.1. The molecule has 3 rings (SSSR count). The van der Waals surface area contributed by atoms with Gasteiger partial charge in [-0.05, 0) is 90.8 Å². The average Bonchev–Trinajstić information content (AvgIpc) is 3.29. The molecule has 1 aliphatic rings. The van der Waals surface area contributed by atoms with Crippen LogP contribution in [0.1, 0.15) is 70.8 Å². The summed E-state index contributed by atoms with van der Waals surface area (Å²) in [4.78, 5) is 26.9. The molecule has 8 heteroatoms. The molecule has 1 aromatic heterocycles. The van der Waals surface area contributed by atoms with Crippen molar-refractivity contribution in [1.29, 1.82) is 0 Å². The second-order valence-corrected chi connectivity index (χ2v) is 9.61. The number of allylic oxidation sites excluding steroid dienone is 3. The van der Waals surface area contributed by atoms with Gasteiger partial charge in [-0.15, -0.1) is 0 Å². The minimum absolute atomic E-state index is 0.0614. The van der Waals surface area contributed by atoms with Crippen molar-refractivity contribution in [2.24, 2.45) is 0 Å². The minimum atomic E-state index is -0.527. The van der Waals surface area contributed by atoms with Crippen molar-refractivity contribution in [1.82, 2.24) is 14.7 Å². The molecule has 1 amide bonds. The van der Waals surface area contributed by atoms with Crippen LogP contribution in [0.25, 0.3) is 11.3 Å². The Kier molecular flexibility index (Phi) is 8.96. The second-order valence-electron chi connectivity index (χ2n) is 9.61. The van der Waals surface area contributed by atoms with E-state index in [2.05, 4.69) is 0 Å². The molecule has 1 saturated heterocycles. The molecule has 2 heterocycles. The Labute approximate surface area is 213 Å². The van der Waals surface area contributed by atoms with Gasteiger partial charge in [0.2, 0.25) is 0 Å². The van der Waals surface area contributed by atoms with E-state index in [9.17, 15) is 9.59 Å². The lowest BCUT2D eigenvalue weighted by Crippen LogP contribution is -2.42. The van der Waals surface area contributed by atoms with Crippen molar-refractivity contribution in [3.63, 3.8) is 0 Å². The molecule has 1 aromatic carbocycles. The van der Waals surface area contributed by atoms with Crippen molar-refractivity contribution in [3.8, 4) is 17.0 Å². The van der Waals surface area contributed by atoms with Gasteiger partial charge >= 0.3 is 12.1 Å². The summed E-state index contributed by atoms with van der Waals surface area (Å²) < 4.78 is 18.5. The standard InChI is InChI=1S/C28H37N3O5/c1-7-10-22(8-2)35-23-13-11-20(12-14-23)25-24(26(32)34-9-3)19-31(29-25)21-15-17-30(18-16-21)27(33)36-28(4,5)6/h7-8,10-14,19,21H,9,15-18H2,1-6H3. The summed E-state index contributed by atoms with van der Waals surface area (Å²) in [5.74, 6) is 1.03. The van der Waals surface area contributed by atoms with E-state index in [1.54, 1.807) is 18.0 Å². The molecule has 1 fully saturated rings. The van der Waals surface area contributed by atoms with Gasteiger partial charge in [0.25, 0.3) is 0 Å². The molecule has 0 radical (unpaired) electrons. The van der Waals surface area contributed by atoms with Crippen molar-refractivity contribution < 1.29 is 23.8 Å². The zero-order chi connectivity index (χ0) is 26.3. The normalized spacial score (nSPS) is 15.3. The van der Waals surface area contributed by atoms with Crippen molar-refractivity contribution >= 4 is 12.1 Å². The summed E-state index contributed by atoms with van der Waals surface area (Å²) >= 11 is 0. The lowest BCUT2D eigenvalue weighted by atomic mass is 10.1. The predicted molar refractivity (Wildman–Crippen MR) is 139 cm³/mol. The number of piperidine rings is 1. The summed E-state index contributed by atoms with van der Waals surface area (Å²) in [5, 5.41) is 4.79. The van der Waals surface area contributed by atoms with E-state index in [1.165, 1.54) is 0 Å². The Balaban J connectivity index is 1.79. The Morgan fingerprint density at radius 3 is 2.33 bits per heavy atom. The third kappa shape index (κ3) is 6.99. The predicted octanol–water partition coefficient (Wildman–Crippen LogP) is 6.16. The number of carbonyl (C=O) groups excluding carboxylic acids is 2. The summed E-state index contributed by atoms with van der Waals surface area (Å²) in [6.07, 6.45) is 8.59. The third-order valence-electron chi connectivity index (χ3n) is 5.70. The fourth-order valence-corrected chi connectivity index (χ4v) is 3.96. The smallest absolute Gasteiger partial charge is 0.410 e. The fraction of sp³-hybridized carbons (Fsp3) is 0.464. The van der Waals surface area contributed by atoms with Crippen LogP contribution in [-0.2, 0) is 9.47 Å². The molecule has 8 nitrogen and oxygen atoms in total. The molecule has 1 aliphatic heterocycles. The van der Waals surface area contributed by atoms with Gasteiger partial charge in [0.1, 0.15) is 28.4 Å². The number of benzene rings is 1. The Hall–Kier alpha value is -3.55. The van der Waals surface area contributed by atoms with Crippen LogP contribution in [0.15, 0.2) is 54.4 Å². The molecule has 0 atom stereocenters. The van der Waals surface area contributed by atoms with E-state index in [-0.39, 0.29) is 18.7 Å². The van der Waals surface area contributed by atoms with Crippen LogP contribution < -0.4 is 4.74 Å². The van der Waals surface area contributed by atoms with Crippen LogP contribution in [0.5, 0.6) is 5.75 Å². The highest BCUT2D eigenvalue weighted by Crippen LogP contribution is 2.30. The van der Waals surface area contributed by atoms with E-state index in [1.807, 2.05) is 81.8 Å². The molecule has 0 aliphatic carbocycles. The Morgan fingerprint density at radius 2 is 1.78 bits per heavy atom. The highest BCUT2D eigenvalue weighted by molar-refractivity contribution is 5.96. The number of hydrogen-bond acceptors (Lipinski definition) is 6. The number of likely N-dealkylation sites (tertiary alicyclic amines) is 1. The number of esters is 1. The van der Waals surface area contributed by atoms with Crippen LogP contribution in [0, 0.1) is 0 Å². The lowest BCUT2D eigenvalue weighted by molar-refractivity contribution is 0.0184. The van der Waals surface area contributed by atoms with Crippen LogP contribution in [-0.4, -0.2) is 52.0 Å². The maximum absolute atomic E-state index is 12.7. The molecule has 0 bridgehead atoms. The SMILES string of the molecule is CC=CC(=CC)Oc1ccc(-c2nn(C3CCN(C(=O)OC(C)(C)C)CC3)cc2C(=O)OCC)cc1. The first kappa shape index (κ1) is 27.0. The van der Waals surface area contributed by atoms with Crippen LogP contribution in [0.2, 0.25) is 0 Å². The maximum atomic E-state index is 12.7. The van der Waals surface area contributed by atoms with Crippen molar-refractivity contribution in [2.75, 3.05) is 19.7 Å². The minimum Gasteiger partial charge on any atom is -0.462 e.